The molecule has 1 N–H and O–H groups in total. The molecule has 3 nitrogen and oxygen atoms in total. The molecule has 3 atom stereocenters. The van der Waals surface area contributed by atoms with Crippen molar-refractivity contribution in [1.29, 1.82) is 0 Å². The van der Waals surface area contributed by atoms with E-state index in [-0.39, 0.29) is 6.04 Å². The molecule has 0 amide bonds. The molecule has 0 aliphatic carbocycles. The molecular formula is C31H25NO2P2+2. The van der Waals surface area contributed by atoms with E-state index in [1.54, 1.807) is 0 Å². The van der Waals surface area contributed by atoms with Crippen molar-refractivity contribution >= 4 is 53.3 Å². The molecule has 5 aromatic carbocycles. The van der Waals surface area contributed by atoms with Crippen molar-refractivity contribution in [3.63, 3.8) is 0 Å². The summed E-state index contributed by atoms with van der Waals surface area (Å²) in [5.41, 5.74) is 3.24. The number of benzene rings is 5. The minimum atomic E-state index is -1.95. The van der Waals surface area contributed by atoms with Crippen molar-refractivity contribution in [2.24, 2.45) is 0 Å². The SMILES string of the molecule is O=[P+](c1ccccc1)c1ccc2c(c1[P+](=O)c1ccccc1)NC(c1cccc3ccccc13)CC2. The van der Waals surface area contributed by atoms with Crippen LogP contribution in [0.2, 0.25) is 0 Å². The van der Waals surface area contributed by atoms with Crippen molar-refractivity contribution in [2.45, 2.75) is 18.9 Å². The summed E-state index contributed by atoms with van der Waals surface area (Å²) in [5.74, 6) is 0. The molecule has 0 bridgehead atoms. The van der Waals surface area contributed by atoms with Crippen molar-refractivity contribution < 1.29 is 9.13 Å². The Morgan fingerprint density at radius 1 is 0.639 bits per heavy atom. The maximum atomic E-state index is 14.1. The quantitative estimate of drug-likeness (QED) is 0.278. The number of fused-ring (bicyclic) bond motifs is 2. The average molecular weight is 505 g/mol. The first-order valence-corrected chi connectivity index (χ1v) is 14.7. The Morgan fingerprint density at radius 3 is 2.03 bits per heavy atom. The first-order valence-electron chi connectivity index (χ1n) is 12.2. The summed E-state index contributed by atoms with van der Waals surface area (Å²) in [6.07, 6.45) is 1.80. The molecule has 5 heteroatoms. The maximum absolute atomic E-state index is 14.1. The van der Waals surface area contributed by atoms with Crippen LogP contribution in [0.4, 0.5) is 5.69 Å². The van der Waals surface area contributed by atoms with Crippen LogP contribution in [0.15, 0.2) is 115 Å². The largest absolute Gasteiger partial charge is 0.422 e. The highest BCUT2D eigenvalue weighted by atomic mass is 31.1. The van der Waals surface area contributed by atoms with Gasteiger partial charge in [-0.25, -0.2) is 0 Å². The fourth-order valence-corrected chi connectivity index (χ4v) is 8.26. The molecular weight excluding hydrogens is 480 g/mol. The average Bonchev–Trinajstić information content (AvgIpc) is 2.96. The topological polar surface area (TPSA) is 46.2 Å². The molecule has 1 heterocycles. The Hall–Kier alpha value is -3.64. The lowest BCUT2D eigenvalue weighted by Gasteiger charge is -2.28. The van der Waals surface area contributed by atoms with Crippen LogP contribution >= 0.6 is 15.6 Å². The van der Waals surface area contributed by atoms with Crippen LogP contribution in [0.1, 0.15) is 23.6 Å². The van der Waals surface area contributed by atoms with E-state index in [0.717, 1.165) is 34.7 Å². The van der Waals surface area contributed by atoms with Crippen LogP contribution in [0.3, 0.4) is 0 Å². The zero-order valence-corrected chi connectivity index (χ0v) is 21.5. The van der Waals surface area contributed by atoms with Gasteiger partial charge in [0.15, 0.2) is 10.6 Å². The van der Waals surface area contributed by atoms with Crippen LogP contribution in [-0.2, 0) is 15.6 Å². The van der Waals surface area contributed by atoms with Crippen LogP contribution < -0.4 is 26.5 Å². The van der Waals surface area contributed by atoms with Gasteiger partial charge in [-0.15, -0.1) is 0 Å². The molecule has 174 valence electrons. The van der Waals surface area contributed by atoms with Gasteiger partial charge in [-0.3, -0.25) is 0 Å². The monoisotopic (exact) mass is 505 g/mol. The van der Waals surface area contributed by atoms with E-state index in [2.05, 4.69) is 53.8 Å². The van der Waals surface area contributed by atoms with Crippen LogP contribution in [0, 0.1) is 0 Å². The zero-order valence-electron chi connectivity index (χ0n) is 19.7. The second-order valence-corrected chi connectivity index (χ2v) is 12.2. The van der Waals surface area contributed by atoms with Crippen LogP contribution in [-0.4, -0.2) is 0 Å². The summed E-state index contributed by atoms with van der Waals surface area (Å²) in [6, 6.07) is 37.9. The summed E-state index contributed by atoms with van der Waals surface area (Å²) in [6.45, 7) is 0. The number of hydrogen-bond donors (Lipinski definition) is 1. The Balaban J connectivity index is 1.51. The van der Waals surface area contributed by atoms with Crippen molar-refractivity contribution in [1.82, 2.24) is 0 Å². The third-order valence-electron chi connectivity index (χ3n) is 6.87. The summed E-state index contributed by atoms with van der Waals surface area (Å²) >= 11 is 0. The lowest BCUT2D eigenvalue weighted by molar-refractivity contribution is 0.596. The summed E-state index contributed by atoms with van der Waals surface area (Å²) < 4.78 is 27.9. The summed E-state index contributed by atoms with van der Waals surface area (Å²) in [5, 5.41) is 8.99. The fraction of sp³-hybridized carbons (Fsp3) is 0.0968. The number of nitrogens with one attached hydrogen (secondary N) is 1. The molecule has 0 saturated carbocycles. The van der Waals surface area contributed by atoms with Gasteiger partial charge in [0.05, 0.1) is 11.7 Å². The number of hydrogen-bond acceptors (Lipinski definition) is 3. The van der Waals surface area contributed by atoms with Gasteiger partial charge in [-0.2, -0.15) is 0 Å². The molecule has 3 unspecified atom stereocenters. The second kappa shape index (κ2) is 9.78. The predicted octanol–water partition coefficient (Wildman–Crippen LogP) is 6.50. The lowest BCUT2D eigenvalue weighted by atomic mass is 9.90. The van der Waals surface area contributed by atoms with Gasteiger partial charge in [0.2, 0.25) is 0 Å². The molecule has 0 fully saturated rings. The van der Waals surface area contributed by atoms with Crippen LogP contribution in [0.25, 0.3) is 10.8 Å². The molecule has 0 aromatic heterocycles. The molecule has 1 aliphatic rings. The normalized spacial score (nSPS) is 15.6. The standard InChI is InChI=1S/C31H25NO2P2/c33-35(24-12-3-1-4-13-24)29-21-19-23-18-20-28(27-17-9-11-22-10-7-8-16-26(22)27)32-30(23)31(29)36(34)25-14-5-2-6-15-25/h1-17,19,21,28,32H,18,20H2/q+2. The Labute approximate surface area is 212 Å². The van der Waals surface area contributed by atoms with E-state index in [0.29, 0.717) is 10.6 Å². The summed E-state index contributed by atoms with van der Waals surface area (Å²) in [7, 11) is -3.85. The van der Waals surface area contributed by atoms with E-state index in [1.165, 1.54) is 16.3 Å². The van der Waals surface area contributed by atoms with Crippen molar-refractivity contribution in [3.8, 4) is 0 Å². The molecule has 1 aliphatic heterocycles. The Kier molecular flexibility index (Phi) is 6.20. The highest BCUT2D eigenvalue weighted by Gasteiger charge is 2.42. The number of rotatable bonds is 5. The van der Waals surface area contributed by atoms with Gasteiger partial charge in [0.1, 0.15) is 0 Å². The molecule has 0 radical (unpaired) electrons. The molecule has 0 spiro atoms. The third-order valence-corrected chi connectivity index (χ3v) is 10.3. The highest BCUT2D eigenvalue weighted by molar-refractivity contribution is 7.68. The first-order chi connectivity index (χ1) is 17.7. The van der Waals surface area contributed by atoms with Crippen molar-refractivity contribution in [3.05, 3.63) is 126 Å². The maximum Gasteiger partial charge on any atom is 0.422 e. The minimum Gasteiger partial charge on any atom is -0.374 e. The van der Waals surface area contributed by atoms with Gasteiger partial charge < -0.3 is 5.32 Å². The van der Waals surface area contributed by atoms with Gasteiger partial charge in [0, 0.05) is 0 Å². The van der Waals surface area contributed by atoms with E-state index in [1.807, 2.05) is 66.7 Å². The molecule has 5 aromatic rings. The number of anilines is 1. The van der Waals surface area contributed by atoms with Gasteiger partial charge in [-0.1, -0.05) is 94.1 Å². The molecule has 0 saturated heterocycles. The third kappa shape index (κ3) is 4.16. The minimum absolute atomic E-state index is 0.0754. The fourth-order valence-electron chi connectivity index (χ4n) is 5.09. The molecule has 36 heavy (non-hydrogen) atoms. The summed E-state index contributed by atoms with van der Waals surface area (Å²) in [4.78, 5) is 0. The van der Waals surface area contributed by atoms with Gasteiger partial charge in [-0.05, 0) is 65.1 Å². The van der Waals surface area contributed by atoms with E-state index < -0.39 is 15.6 Å². The lowest BCUT2D eigenvalue weighted by Crippen LogP contribution is -2.31. The Morgan fingerprint density at radius 2 is 1.28 bits per heavy atom. The first kappa shape index (κ1) is 22.8. The molecule has 6 rings (SSSR count). The van der Waals surface area contributed by atoms with E-state index >= 15 is 0 Å². The zero-order chi connectivity index (χ0) is 24.5. The van der Waals surface area contributed by atoms with E-state index in [9.17, 15) is 9.13 Å². The smallest absolute Gasteiger partial charge is 0.374 e. The number of aryl methyl sites for hydroxylation is 1. The Bertz CT molecular complexity index is 1590. The van der Waals surface area contributed by atoms with Gasteiger partial charge >= 0.3 is 15.6 Å². The second-order valence-electron chi connectivity index (χ2n) is 9.03. The van der Waals surface area contributed by atoms with Gasteiger partial charge in [0.25, 0.3) is 10.6 Å². The van der Waals surface area contributed by atoms with Crippen molar-refractivity contribution in [2.75, 3.05) is 5.32 Å². The highest BCUT2D eigenvalue weighted by Crippen LogP contribution is 2.39. The predicted molar refractivity (Wildman–Crippen MR) is 152 cm³/mol. The van der Waals surface area contributed by atoms with E-state index in [4.69, 9.17) is 0 Å². The van der Waals surface area contributed by atoms with Crippen LogP contribution in [0.5, 0.6) is 0 Å².